The molecule has 1 aliphatic rings. The van der Waals surface area contributed by atoms with Crippen molar-refractivity contribution in [2.75, 3.05) is 0 Å². The number of benzene rings is 1. The van der Waals surface area contributed by atoms with Crippen LogP contribution in [0.4, 0.5) is 0 Å². The molecule has 1 saturated carbocycles. The van der Waals surface area contributed by atoms with Gasteiger partial charge in [0, 0.05) is 6.04 Å². The number of hydrogen-bond donors (Lipinski definition) is 1. The van der Waals surface area contributed by atoms with Crippen LogP contribution in [0.3, 0.4) is 0 Å². The fraction of sp³-hybridized carbons (Fsp3) is 0.417. The first kappa shape index (κ1) is 12.1. The van der Waals surface area contributed by atoms with E-state index in [4.69, 9.17) is 5.26 Å². The molecule has 0 saturated heterocycles. The Morgan fingerprint density at radius 3 is 2.76 bits per heavy atom. The molecular weight excluding hydrogens is 236 g/mol. The second-order valence-corrected chi connectivity index (χ2v) is 6.10. The molecule has 1 aromatic carbocycles. The molecule has 90 valence electrons. The van der Waals surface area contributed by atoms with Crippen LogP contribution in [0.15, 0.2) is 29.2 Å². The molecule has 0 heterocycles. The standard InChI is InChI=1S/C12H14N2O2S/c1-9(11-5-6-11)14-17(15,16)12-4-2-3-10(7-12)8-13/h2-4,7,9,11,14H,5-6H2,1H3. The van der Waals surface area contributed by atoms with Crippen LogP contribution in [-0.2, 0) is 10.0 Å². The lowest BCUT2D eigenvalue weighted by molar-refractivity contribution is 0.538. The number of sulfonamides is 1. The van der Waals surface area contributed by atoms with Crippen molar-refractivity contribution >= 4 is 10.0 Å². The van der Waals surface area contributed by atoms with E-state index < -0.39 is 10.0 Å². The lowest BCUT2D eigenvalue weighted by Crippen LogP contribution is -2.34. The molecule has 0 radical (unpaired) electrons. The molecule has 2 rings (SSSR count). The normalized spacial score (nSPS) is 17.4. The van der Waals surface area contributed by atoms with Gasteiger partial charge in [-0.15, -0.1) is 0 Å². The molecule has 1 unspecified atom stereocenters. The smallest absolute Gasteiger partial charge is 0.208 e. The third kappa shape index (κ3) is 2.84. The number of rotatable bonds is 4. The minimum Gasteiger partial charge on any atom is -0.208 e. The van der Waals surface area contributed by atoms with E-state index in [0.29, 0.717) is 11.5 Å². The molecule has 1 aliphatic carbocycles. The summed E-state index contributed by atoms with van der Waals surface area (Å²) in [5, 5.41) is 8.74. The van der Waals surface area contributed by atoms with Gasteiger partial charge in [0.15, 0.2) is 0 Å². The van der Waals surface area contributed by atoms with Gasteiger partial charge in [-0.1, -0.05) is 6.07 Å². The quantitative estimate of drug-likeness (QED) is 0.883. The van der Waals surface area contributed by atoms with Crippen LogP contribution in [0.1, 0.15) is 25.3 Å². The van der Waals surface area contributed by atoms with Crippen molar-refractivity contribution in [3.05, 3.63) is 29.8 Å². The summed E-state index contributed by atoms with van der Waals surface area (Å²) >= 11 is 0. The summed E-state index contributed by atoms with van der Waals surface area (Å²) < 4.78 is 26.7. The maximum atomic E-state index is 12.0. The van der Waals surface area contributed by atoms with Crippen LogP contribution >= 0.6 is 0 Å². The molecular formula is C12H14N2O2S. The second-order valence-electron chi connectivity index (χ2n) is 4.39. The highest BCUT2D eigenvalue weighted by atomic mass is 32.2. The summed E-state index contributed by atoms with van der Waals surface area (Å²) in [6.45, 7) is 1.88. The van der Waals surface area contributed by atoms with Gasteiger partial charge in [-0.2, -0.15) is 5.26 Å². The third-order valence-corrected chi connectivity index (χ3v) is 4.50. The molecule has 0 amide bonds. The molecule has 0 aliphatic heterocycles. The third-order valence-electron chi connectivity index (χ3n) is 2.94. The minimum absolute atomic E-state index is 0.0364. The average Bonchev–Trinajstić information content (AvgIpc) is 3.12. The zero-order valence-electron chi connectivity index (χ0n) is 9.55. The molecule has 4 nitrogen and oxygen atoms in total. The molecule has 1 N–H and O–H groups in total. The van der Waals surface area contributed by atoms with Crippen molar-refractivity contribution in [2.24, 2.45) is 5.92 Å². The van der Waals surface area contributed by atoms with Gasteiger partial charge in [0.1, 0.15) is 0 Å². The number of hydrogen-bond acceptors (Lipinski definition) is 3. The highest BCUT2D eigenvalue weighted by molar-refractivity contribution is 7.89. The van der Waals surface area contributed by atoms with E-state index in [1.807, 2.05) is 13.0 Å². The van der Waals surface area contributed by atoms with Gasteiger partial charge < -0.3 is 0 Å². The SMILES string of the molecule is CC(NS(=O)(=O)c1cccc(C#N)c1)C1CC1. The summed E-state index contributed by atoms with van der Waals surface area (Å²) in [5.41, 5.74) is 0.354. The Hall–Kier alpha value is -1.38. The highest BCUT2D eigenvalue weighted by Crippen LogP contribution is 2.33. The number of nitrogens with zero attached hydrogens (tertiary/aromatic N) is 1. The first-order valence-electron chi connectivity index (χ1n) is 5.55. The number of nitriles is 1. The van der Waals surface area contributed by atoms with E-state index in [1.165, 1.54) is 12.1 Å². The molecule has 17 heavy (non-hydrogen) atoms. The first-order valence-corrected chi connectivity index (χ1v) is 7.04. The van der Waals surface area contributed by atoms with Gasteiger partial charge in [-0.3, -0.25) is 0 Å². The van der Waals surface area contributed by atoms with Crippen molar-refractivity contribution in [3.63, 3.8) is 0 Å². The van der Waals surface area contributed by atoms with Crippen LogP contribution < -0.4 is 4.72 Å². The van der Waals surface area contributed by atoms with Crippen LogP contribution in [0.25, 0.3) is 0 Å². The van der Waals surface area contributed by atoms with Crippen molar-refractivity contribution in [1.82, 2.24) is 4.72 Å². The Kier molecular flexibility index (Phi) is 3.18. The Labute approximate surface area is 101 Å². The molecule has 0 bridgehead atoms. The van der Waals surface area contributed by atoms with Crippen molar-refractivity contribution in [2.45, 2.75) is 30.7 Å². The van der Waals surface area contributed by atoms with Gasteiger partial charge in [0.05, 0.1) is 16.5 Å². The second kappa shape index (κ2) is 4.47. The summed E-state index contributed by atoms with van der Waals surface area (Å²) in [6.07, 6.45) is 2.17. The van der Waals surface area contributed by atoms with Crippen LogP contribution in [-0.4, -0.2) is 14.5 Å². The Bertz CT molecular complexity index is 556. The Morgan fingerprint density at radius 2 is 2.18 bits per heavy atom. The summed E-state index contributed by atoms with van der Waals surface area (Å²) in [4.78, 5) is 0.157. The fourth-order valence-corrected chi connectivity index (χ4v) is 3.10. The van der Waals surface area contributed by atoms with Gasteiger partial charge in [-0.05, 0) is 43.9 Å². The predicted octanol–water partition coefficient (Wildman–Crippen LogP) is 1.64. The minimum atomic E-state index is -3.50. The molecule has 0 spiro atoms. The van der Waals surface area contributed by atoms with E-state index in [1.54, 1.807) is 12.1 Å². The van der Waals surface area contributed by atoms with E-state index in [2.05, 4.69) is 4.72 Å². The maximum absolute atomic E-state index is 12.0. The van der Waals surface area contributed by atoms with Gasteiger partial charge in [-0.25, -0.2) is 13.1 Å². The monoisotopic (exact) mass is 250 g/mol. The van der Waals surface area contributed by atoms with Crippen molar-refractivity contribution < 1.29 is 8.42 Å². The lowest BCUT2D eigenvalue weighted by Gasteiger charge is -2.13. The zero-order chi connectivity index (χ0) is 12.5. The average molecular weight is 250 g/mol. The Morgan fingerprint density at radius 1 is 1.47 bits per heavy atom. The largest absolute Gasteiger partial charge is 0.240 e. The molecule has 1 atom stereocenters. The number of nitrogens with one attached hydrogen (secondary N) is 1. The zero-order valence-corrected chi connectivity index (χ0v) is 10.4. The summed E-state index contributed by atoms with van der Waals surface area (Å²) in [7, 11) is -3.50. The molecule has 1 fully saturated rings. The van der Waals surface area contributed by atoms with E-state index in [9.17, 15) is 8.42 Å². The van der Waals surface area contributed by atoms with Crippen LogP contribution in [0.5, 0.6) is 0 Å². The van der Waals surface area contributed by atoms with Gasteiger partial charge in [0.25, 0.3) is 0 Å². The topological polar surface area (TPSA) is 70.0 Å². The van der Waals surface area contributed by atoms with Crippen molar-refractivity contribution in [3.8, 4) is 6.07 Å². The summed E-state index contributed by atoms with van der Waals surface area (Å²) in [6, 6.07) is 7.96. The van der Waals surface area contributed by atoms with E-state index >= 15 is 0 Å². The highest BCUT2D eigenvalue weighted by Gasteiger charge is 2.31. The Balaban J connectivity index is 2.21. The first-order chi connectivity index (χ1) is 8.03. The van der Waals surface area contributed by atoms with Crippen LogP contribution in [0, 0.1) is 17.2 Å². The molecule has 1 aromatic rings. The molecule has 0 aromatic heterocycles. The van der Waals surface area contributed by atoms with Gasteiger partial charge in [0.2, 0.25) is 10.0 Å². The predicted molar refractivity (Wildman–Crippen MR) is 63.7 cm³/mol. The van der Waals surface area contributed by atoms with Gasteiger partial charge >= 0.3 is 0 Å². The molecule has 5 heteroatoms. The van der Waals surface area contributed by atoms with E-state index in [0.717, 1.165) is 12.8 Å². The lowest BCUT2D eigenvalue weighted by atomic mass is 10.2. The fourth-order valence-electron chi connectivity index (χ4n) is 1.74. The van der Waals surface area contributed by atoms with Crippen LogP contribution in [0.2, 0.25) is 0 Å². The van der Waals surface area contributed by atoms with E-state index in [-0.39, 0.29) is 10.9 Å². The summed E-state index contributed by atoms with van der Waals surface area (Å²) in [5.74, 6) is 0.462. The maximum Gasteiger partial charge on any atom is 0.240 e. The van der Waals surface area contributed by atoms with Crippen molar-refractivity contribution in [1.29, 1.82) is 5.26 Å².